The van der Waals surface area contributed by atoms with E-state index >= 15 is 0 Å². The van der Waals surface area contributed by atoms with E-state index in [9.17, 15) is 0 Å². The molecule has 0 bridgehead atoms. The Labute approximate surface area is 336 Å². The molecular formula is C54H35NOS. The van der Waals surface area contributed by atoms with Crippen LogP contribution in [0.4, 0.5) is 17.1 Å². The number of hydrogen-bond acceptors (Lipinski definition) is 3. The molecule has 1 aliphatic carbocycles. The van der Waals surface area contributed by atoms with Crippen molar-refractivity contribution in [1.29, 1.82) is 0 Å². The number of benzene rings is 9. The lowest BCUT2D eigenvalue weighted by molar-refractivity contribution is 0.436. The molecule has 0 amide bonds. The molecule has 1 spiro atoms. The number of thioether (sulfide) groups is 1. The fraction of sp³-hybridized carbons (Fsp3) is 0.0370. The zero-order valence-corrected chi connectivity index (χ0v) is 31.8. The molecule has 3 aliphatic rings. The van der Waals surface area contributed by atoms with Crippen molar-refractivity contribution in [3.8, 4) is 44.9 Å². The normalized spacial score (nSPS) is 13.8. The maximum atomic E-state index is 6.73. The molecule has 0 fully saturated rings. The summed E-state index contributed by atoms with van der Waals surface area (Å²) in [5.41, 5.74) is 16.5. The van der Waals surface area contributed by atoms with Crippen LogP contribution in [0.25, 0.3) is 44.2 Å². The smallest absolute Gasteiger partial charge is 0.132 e. The summed E-state index contributed by atoms with van der Waals surface area (Å²) in [5, 5.41) is 2.47. The van der Waals surface area contributed by atoms with Crippen LogP contribution in [0.15, 0.2) is 205 Å². The molecule has 2 nitrogen and oxygen atoms in total. The first-order chi connectivity index (χ1) is 28.3. The zero-order chi connectivity index (χ0) is 37.5. The topological polar surface area (TPSA) is 12.5 Å². The van der Waals surface area contributed by atoms with Crippen molar-refractivity contribution in [2.45, 2.75) is 16.1 Å². The second kappa shape index (κ2) is 12.6. The quantitative estimate of drug-likeness (QED) is 0.178. The van der Waals surface area contributed by atoms with Crippen LogP contribution >= 0.6 is 11.8 Å². The van der Waals surface area contributed by atoms with Crippen LogP contribution in [-0.2, 0) is 11.2 Å². The molecular weight excluding hydrogens is 711 g/mol. The van der Waals surface area contributed by atoms with E-state index in [1.165, 1.54) is 71.4 Å². The third-order valence-electron chi connectivity index (χ3n) is 12.2. The highest BCUT2D eigenvalue weighted by Gasteiger charge is 2.51. The molecule has 3 heteroatoms. The van der Waals surface area contributed by atoms with Gasteiger partial charge in [-0.3, -0.25) is 0 Å². The lowest BCUT2D eigenvalue weighted by atomic mass is 9.66. The van der Waals surface area contributed by atoms with Gasteiger partial charge in [-0.05, 0) is 116 Å². The Kier molecular flexibility index (Phi) is 7.17. The standard InChI is InChI=1S/C54H35NOS/c1-2-13-35(14-3-1)36-25-27-40(28-26-36)55(49-21-12-17-39-34-57-52-24-11-6-18-43(52)53(39)49)41-29-30-42-44-31-37-15-4-5-16-38(37)32-47(44)54(48(42)33-41)45-19-7-9-22-50(45)56-51-23-10-8-20-46(51)54/h1-33H,34H2. The first-order valence-corrected chi connectivity index (χ1v) is 20.6. The van der Waals surface area contributed by atoms with E-state index in [2.05, 4.69) is 205 Å². The second-order valence-corrected chi connectivity index (χ2v) is 16.2. The van der Waals surface area contributed by atoms with Gasteiger partial charge in [0.2, 0.25) is 0 Å². The fourth-order valence-corrected chi connectivity index (χ4v) is 10.8. The van der Waals surface area contributed by atoms with E-state index in [-0.39, 0.29) is 0 Å². The minimum Gasteiger partial charge on any atom is -0.457 e. The van der Waals surface area contributed by atoms with Crippen molar-refractivity contribution in [1.82, 2.24) is 0 Å². The van der Waals surface area contributed by atoms with Crippen LogP contribution in [0.5, 0.6) is 11.5 Å². The Hall–Kier alpha value is -6.81. The number of rotatable bonds is 4. The Morgan fingerprint density at radius 3 is 1.86 bits per heavy atom. The molecule has 2 aliphatic heterocycles. The third-order valence-corrected chi connectivity index (χ3v) is 13.3. The largest absolute Gasteiger partial charge is 0.457 e. The van der Waals surface area contributed by atoms with E-state index in [1.807, 2.05) is 11.8 Å². The van der Waals surface area contributed by atoms with E-state index < -0.39 is 5.41 Å². The predicted molar refractivity (Wildman–Crippen MR) is 236 cm³/mol. The van der Waals surface area contributed by atoms with Crippen molar-refractivity contribution in [3.05, 3.63) is 228 Å². The van der Waals surface area contributed by atoms with Gasteiger partial charge in [-0.25, -0.2) is 0 Å². The molecule has 12 rings (SSSR count). The maximum absolute atomic E-state index is 6.73. The van der Waals surface area contributed by atoms with E-state index in [1.54, 1.807) is 0 Å². The Balaban J connectivity index is 1.15. The minimum atomic E-state index is -0.599. The first-order valence-electron chi connectivity index (χ1n) is 19.6. The van der Waals surface area contributed by atoms with Gasteiger partial charge in [0.1, 0.15) is 11.5 Å². The minimum absolute atomic E-state index is 0.599. The van der Waals surface area contributed by atoms with Crippen LogP contribution in [-0.4, -0.2) is 0 Å². The molecule has 0 atom stereocenters. The highest BCUT2D eigenvalue weighted by atomic mass is 32.2. The van der Waals surface area contributed by atoms with Crippen LogP contribution in [0, 0.1) is 0 Å². The Bertz CT molecular complexity index is 3010. The van der Waals surface area contributed by atoms with Gasteiger partial charge < -0.3 is 9.64 Å². The molecule has 2 heterocycles. The van der Waals surface area contributed by atoms with Crippen molar-refractivity contribution in [2.75, 3.05) is 4.90 Å². The third kappa shape index (κ3) is 4.79. The Morgan fingerprint density at radius 2 is 1.07 bits per heavy atom. The van der Waals surface area contributed by atoms with Crippen molar-refractivity contribution >= 4 is 39.6 Å². The maximum Gasteiger partial charge on any atom is 0.132 e. The molecule has 0 aromatic heterocycles. The molecule has 0 radical (unpaired) electrons. The molecule has 57 heavy (non-hydrogen) atoms. The number of hydrogen-bond donors (Lipinski definition) is 0. The van der Waals surface area contributed by atoms with Crippen LogP contribution < -0.4 is 9.64 Å². The number of ether oxygens (including phenoxy) is 1. The lowest BCUT2D eigenvalue weighted by Crippen LogP contribution is -2.32. The highest BCUT2D eigenvalue weighted by molar-refractivity contribution is 7.98. The number of para-hydroxylation sites is 2. The molecule has 0 saturated carbocycles. The van der Waals surface area contributed by atoms with E-state index in [0.29, 0.717) is 0 Å². The van der Waals surface area contributed by atoms with Gasteiger partial charge in [0, 0.05) is 38.7 Å². The van der Waals surface area contributed by atoms with Gasteiger partial charge in [0.15, 0.2) is 0 Å². The van der Waals surface area contributed by atoms with Crippen LogP contribution in [0.3, 0.4) is 0 Å². The summed E-state index contributed by atoms with van der Waals surface area (Å²) < 4.78 is 6.73. The van der Waals surface area contributed by atoms with Gasteiger partial charge in [0.25, 0.3) is 0 Å². The Morgan fingerprint density at radius 1 is 0.439 bits per heavy atom. The van der Waals surface area contributed by atoms with Crippen molar-refractivity contribution < 1.29 is 4.74 Å². The average Bonchev–Trinajstić information content (AvgIpc) is 3.55. The highest BCUT2D eigenvalue weighted by Crippen LogP contribution is 2.63. The monoisotopic (exact) mass is 745 g/mol. The van der Waals surface area contributed by atoms with Gasteiger partial charge in [0.05, 0.1) is 11.1 Å². The number of fused-ring (bicyclic) bond motifs is 13. The molecule has 0 N–H and O–H groups in total. The predicted octanol–water partition coefficient (Wildman–Crippen LogP) is 14.7. The van der Waals surface area contributed by atoms with Crippen LogP contribution in [0.2, 0.25) is 0 Å². The summed E-state index contributed by atoms with van der Waals surface area (Å²) >= 11 is 1.92. The summed E-state index contributed by atoms with van der Waals surface area (Å²) in [5.74, 6) is 2.73. The second-order valence-electron chi connectivity index (χ2n) is 15.2. The summed E-state index contributed by atoms with van der Waals surface area (Å²) in [4.78, 5) is 3.81. The molecule has 0 unspecified atom stereocenters. The molecule has 9 aromatic rings. The number of anilines is 3. The van der Waals surface area contributed by atoms with Crippen LogP contribution in [0.1, 0.15) is 27.8 Å². The van der Waals surface area contributed by atoms with Gasteiger partial charge in [-0.15, -0.1) is 11.8 Å². The van der Waals surface area contributed by atoms with Gasteiger partial charge in [-0.2, -0.15) is 0 Å². The first kappa shape index (κ1) is 32.4. The summed E-state index contributed by atoms with van der Waals surface area (Å²) in [7, 11) is 0. The SMILES string of the molecule is c1ccc(-c2ccc(N(c3ccc4c(c3)C3(c5ccccc5Oc5ccccc53)c3cc5ccccc5cc3-4)c3cccc4c3-c3ccccc3SC4)cc2)cc1. The fourth-order valence-electron chi connectivity index (χ4n) is 9.73. The molecule has 9 aromatic carbocycles. The van der Waals surface area contributed by atoms with Gasteiger partial charge >= 0.3 is 0 Å². The summed E-state index contributed by atoms with van der Waals surface area (Å²) in [6, 6.07) is 73.5. The van der Waals surface area contributed by atoms with Gasteiger partial charge in [-0.1, -0.05) is 140 Å². The zero-order valence-electron chi connectivity index (χ0n) is 31.0. The van der Waals surface area contributed by atoms with E-state index in [0.717, 1.165) is 39.8 Å². The molecule has 0 saturated heterocycles. The lowest BCUT2D eigenvalue weighted by Gasteiger charge is -2.40. The number of nitrogens with zero attached hydrogens (tertiary/aromatic N) is 1. The van der Waals surface area contributed by atoms with Crippen molar-refractivity contribution in [2.24, 2.45) is 0 Å². The average molecular weight is 746 g/mol. The molecule has 268 valence electrons. The summed E-state index contributed by atoms with van der Waals surface area (Å²) in [6.07, 6.45) is 0. The van der Waals surface area contributed by atoms with Crippen molar-refractivity contribution in [3.63, 3.8) is 0 Å². The summed E-state index contributed by atoms with van der Waals surface area (Å²) in [6.45, 7) is 0. The van der Waals surface area contributed by atoms with E-state index in [4.69, 9.17) is 4.74 Å².